The summed E-state index contributed by atoms with van der Waals surface area (Å²) >= 11 is 0. The first kappa shape index (κ1) is 13.3. The van der Waals surface area contributed by atoms with E-state index in [9.17, 15) is 19.0 Å². The van der Waals surface area contributed by atoms with Gasteiger partial charge in [-0.05, 0) is 6.92 Å². The van der Waals surface area contributed by atoms with E-state index in [1.807, 2.05) is 0 Å². The molecule has 2 aromatic heterocycles. The minimum Gasteiger partial charge on any atom is -0.393 e. The van der Waals surface area contributed by atoms with E-state index in [0.29, 0.717) is 0 Å². The van der Waals surface area contributed by atoms with Crippen LogP contribution in [0.2, 0.25) is 0 Å². The molecule has 3 heterocycles. The average Bonchev–Trinajstić information content (AvgIpc) is 2.96. The van der Waals surface area contributed by atoms with Gasteiger partial charge in [0.2, 0.25) is 5.95 Å². The number of aliphatic hydroxyl groups excluding tert-OH is 2. The lowest BCUT2D eigenvalue weighted by molar-refractivity contribution is -0.115. The van der Waals surface area contributed by atoms with E-state index >= 15 is 0 Å². The molecule has 0 aromatic carbocycles. The number of nitrogens with zero attached hydrogens (tertiary/aromatic N) is 4. The van der Waals surface area contributed by atoms with E-state index < -0.39 is 36.7 Å². The summed E-state index contributed by atoms with van der Waals surface area (Å²) in [5.41, 5.74) is -1.50. The van der Waals surface area contributed by atoms with Crippen LogP contribution in [0.25, 0.3) is 11.2 Å². The van der Waals surface area contributed by atoms with Gasteiger partial charge in [0, 0.05) is 0 Å². The number of alkyl halides is 1. The molecule has 9 heteroatoms. The first-order valence-corrected chi connectivity index (χ1v) is 5.92. The molecule has 0 radical (unpaired) electrons. The molecule has 1 aliphatic heterocycles. The lowest BCUT2D eigenvalue weighted by Gasteiger charge is -2.24. The molecule has 4 unspecified atom stereocenters. The molecule has 1 saturated heterocycles. The van der Waals surface area contributed by atoms with Gasteiger partial charge in [-0.1, -0.05) is 0 Å². The van der Waals surface area contributed by atoms with Gasteiger partial charge in [0.1, 0.15) is 18.0 Å². The van der Waals surface area contributed by atoms with Crippen molar-refractivity contribution < 1.29 is 23.7 Å². The van der Waals surface area contributed by atoms with Gasteiger partial charge in [0.05, 0.1) is 12.9 Å². The van der Waals surface area contributed by atoms with Gasteiger partial charge >= 0.3 is 0 Å². The van der Waals surface area contributed by atoms with Gasteiger partial charge in [-0.2, -0.15) is 4.39 Å². The van der Waals surface area contributed by atoms with Crippen molar-refractivity contribution in [3.63, 3.8) is 0 Å². The monoisotopic (exact) mass is 286 g/mol. The molecule has 4 atom stereocenters. The van der Waals surface area contributed by atoms with Crippen molar-refractivity contribution >= 4 is 11.2 Å². The van der Waals surface area contributed by atoms with Crippen molar-refractivity contribution in [2.24, 2.45) is 0 Å². The SMILES string of the molecule is CC1(CO)OC(n2cnc3c(F)ncnc32)C(F)C1O. The second-order valence-corrected chi connectivity index (χ2v) is 4.86. The minimum atomic E-state index is -1.80. The van der Waals surface area contributed by atoms with Crippen molar-refractivity contribution in [2.45, 2.75) is 31.0 Å². The summed E-state index contributed by atoms with van der Waals surface area (Å²) in [6.45, 7) is 0.833. The summed E-state index contributed by atoms with van der Waals surface area (Å²) < 4.78 is 34.2. The maximum atomic E-state index is 14.2. The smallest absolute Gasteiger partial charge is 0.244 e. The first-order chi connectivity index (χ1) is 9.48. The van der Waals surface area contributed by atoms with Gasteiger partial charge in [0.15, 0.2) is 23.6 Å². The van der Waals surface area contributed by atoms with Gasteiger partial charge in [-0.15, -0.1) is 0 Å². The quantitative estimate of drug-likeness (QED) is 0.752. The Kier molecular flexibility index (Phi) is 2.92. The molecular formula is C11H12F2N4O3. The highest BCUT2D eigenvalue weighted by Crippen LogP contribution is 2.39. The number of ether oxygens (including phenoxy) is 1. The van der Waals surface area contributed by atoms with Crippen LogP contribution in [0.1, 0.15) is 13.2 Å². The van der Waals surface area contributed by atoms with E-state index in [0.717, 1.165) is 12.7 Å². The Labute approximate surface area is 111 Å². The summed E-state index contributed by atoms with van der Waals surface area (Å²) in [6, 6.07) is 0. The average molecular weight is 286 g/mol. The van der Waals surface area contributed by atoms with Crippen LogP contribution < -0.4 is 0 Å². The topological polar surface area (TPSA) is 93.3 Å². The van der Waals surface area contributed by atoms with Gasteiger partial charge < -0.3 is 14.9 Å². The molecule has 1 aliphatic rings. The Balaban J connectivity index is 2.06. The highest BCUT2D eigenvalue weighted by atomic mass is 19.1. The molecule has 0 saturated carbocycles. The van der Waals surface area contributed by atoms with Crippen LogP contribution in [0.4, 0.5) is 8.78 Å². The molecule has 108 valence electrons. The fraction of sp³-hybridized carbons (Fsp3) is 0.545. The largest absolute Gasteiger partial charge is 0.393 e. The molecule has 3 rings (SSSR count). The van der Waals surface area contributed by atoms with Crippen LogP contribution in [0.15, 0.2) is 12.7 Å². The van der Waals surface area contributed by atoms with Crippen molar-refractivity contribution in [2.75, 3.05) is 6.61 Å². The minimum absolute atomic E-state index is 0.0551. The van der Waals surface area contributed by atoms with Crippen molar-refractivity contribution in [1.82, 2.24) is 19.5 Å². The zero-order valence-electron chi connectivity index (χ0n) is 10.4. The van der Waals surface area contributed by atoms with Crippen LogP contribution in [-0.2, 0) is 4.74 Å². The number of hydrogen-bond acceptors (Lipinski definition) is 6. The Morgan fingerprint density at radius 3 is 2.85 bits per heavy atom. The normalized spacial score (nSPS) is 34.0. The Morgan fingerprint density at radius 2 is 2.20 bits per heavy atom. The fourth-order valence-corrected chi connectivity index (χ4v) is 2.25. The molecule has 20 heavy (non-hydrogen) atoms. The predicted octanol–water partition coefficient (Wildman–Crippen LogP) is -0.0558. The summed E-state index contributed by atoms with van der Waals surface area (Å²) in [7, 11) is 0. The summed E-state index contributed by atoms with van der Waals surface area (Å²) in [6.07, 6.45) is -2.42. The molecule has 0 aliphatic carbocycles. The van der Waals surface area contributed by atoms with Crippen LogP contribution >= 0.6 is 0 Å². The standard InChI is InChI=1S/C11H12F2N4O3/c1-11(2-18)7(19)5(12)10(20-11)17-4-16-6-8(13)14-3-15-9(6)17/h3-5,7,10,18-19H,2H2,1H3. The number of aliphatic hydroxyl groups is 2. The number of rotatable bonds is 2. The summed E-state index contributed by atoms with van der Waals surface area (Å²) in [5.74, 6) is -0.826. The zero-order valence-corrected chi connectivity index (χ0v) is 10.4. The van der Waals surface area contributed by atoms with Gasteiger partial charge in [0.25, 0.3) is 0 Å². The molecule has 0 bridgehead atoms. The van der Waals surface area contributed by atoms with E-state index in [2.05, 4.69) is 15.0 Å². The molecule has 0 amide bonds. The van der Waals surface area contributed by atoms with Crippen LogP contribution in [-0.4, -0.2) is 54.2 Å². The fourth-order valence-electron chi connectivity index (χ4n) is 2.25. The van der Waals surface area contributed by atoms with E-state index in [4.69, 9.17) is 4.74 Å². The Hall–Kier alpha value is -1.71. The third-order valence-corrected chi connectivity index (χ3v) is 3.49. The molecule has 2 aromatic rings. The highest BCUT2D eigenvalue weighted by Gasteiger charge is 2.53. The molecule has 7 nitrogen and oxygen atoms in total. The maximum absolute atomic E-state index is 14.2. The molecule has 1 fully saturated rings. The van der Waals surface area contributed by atoms with Crippen molar-refractivity contribution in [3.05, 3.63) is 18.6 Å². The van der Waals surface area contributed by atoms with Crippen LogP contribution in [0, 0.1) is 5.95 Å². The second kappa shape index (κ2) is 4.40. The number of fused-ring (bicyclic) bond motifs is 1. The highest BCUT2D eigenvalue weighted by molar-refractivity contribution is 5.69. The third kappa shape index (κ3) is 1.70. The van der Waals surface area contributed by atoms with Crippen molar-refractivity contribution in [3.8, 4) is 0 Å². The molecule has 0 spiro atoms. The van der Waals surface area contributed by atoms with Crippen molar-refractivity contribution in [1.29, 1.82) is 0 Å². The summed E-state index contributed by atoms with van der Waals surface area (Å²) in [5, 5.41) is 19.0. The molecule has 2 N–H and O–H groups in total. The number of imidazole rings is 1. The second-order valence-electron chi connectivity index (χ2n) is 4.86. The number of hydrogen-bond donors (Lipinski definition) is 2. The summed E-state index contributed by atoms with van der Waals surface area (Å²) in [4.78, 5) is 11.0. The lowest BCUT2D eigenvalue weighted by Crippen LogP contribution is -2.42. The van der Waals surface area contributed by atoms with Crippen LogP contribution in [0.5, 0.6) is 0 Å². The Bertz CT molecular complexity index is 652. The Morgan fingerprint density at radius 1 is 1.45 bits per heavy atom. The van der Waals surface area contributed by atoms with E-state index in [1.54, 1.807) is 0 Å². The number of aromatic nitrogens is 4. The van der Waals surface area contributed by atoms with Gasteiger partial charge in [-0.3, -0.25) is 4.57 Å². The zero-order chi connectivity index (χ0) is 14.5. The molecular weight excluding hydrogens is 274 g/mol. The predicted molar refractivity (Wildman–Crippen MR) is 61.8 cm³/mol. The van der Waals surface area contributed by atoms with E-state index in [-0.39, 0.29) is 11.2 Å². The third-order valence-electron chi connectivity index (χ3n) is 3.49. The first-order valence-electron chi connectivity index (χ1n) is 5.92. The maximum Gasteiger partial charge on any atom is 0.244 e. The van der Waals surface area contributed by atoms with E-state index in [1.165, 1.54) is 11.5 Å². The lowest BCUT2D eigenvalue weighted by atomic mass is 9.99. The number of halogens is 2. The van der Waals surface area contributed by atoms with Crippen LogP contribution in [0.3, 0.4) is 0 Å². The van der Waals surface area contributed by atoms with Gasteiger partial charge in [-0.25, -0.2) is 19.3 Å².